The van der Waals surface area contributed by atoms with Gasteiger partial charge >= 0.3 is 7.12 Å². The van der Waals surface area contributed by atoms with Gasteiger partial charge in [-0.1, -0.05) is 17.7 Å². The van der Waals surface area contributed by atoms with Crippen LogP contribution in [-0.4, -0.2) is 17.1 Å². The smallest absolute Gasteiger partial charge is 0.423 e. The predicted molar refractivity (Wildman–Crippen MR) is 69.7 cm³/mol. The molecule has 0 unspecified atom stereocenters. The van der Waals surface area contributed by atoms with Crippen LogP contribution in [0.5, 0.6) is 0 Å². The number of aryl methyl sites for hydroxylation is 1. The molecule has 0 amide bonds. The number of nitrogens with zero attached hydrogens (tertiary/aromatic N) is 1. The molecule has 0 bridgehead atoms. The summed E-state index contributed by atoms with van der Waals surface area (Å²) in [5.74, 6) is 0. The van der Waals surface area contributed by atoms with Gasteiger partial charge in [-0.15, -0.1) is 11.3 Å². The number of hydrogen-bond acceptors (Lipinski definition) is 4. The van der Waals surface area contributed by atoms with Gasteiger partial charge in [0.2, 0.25) is 0 Å². The molecule has 0 radical (unpaired) electrons. The molecule has 2 heterocycles. The molecule has 0 atom stereocenters. The molecule has 1 aromatic heterocycles. The van der Waals surface area contributed by atoms with Gasteiger partial charge in [0, 0.05) is 16.6 Å². The number of hydrogen-bond donors (Lipinski definition) is 1. The van der Waals surface area contributed by atoms with Crippen molar-refractivity contribution in [2.45, 2.75) is 13.5 Å². The van der Waals surface area contributed by atoms with Gasteiger partial charge in [-0.2, -0.15) is 0 Å². The fourth-order valence-electron chi connectivity index (χ4n) is 1.89. The van der Waals surface area contributed by atoms with Crippen LogP contribution in [0.2, 0.25) is 5.02 Å². The van der Waals surface area contributed by atoms with E-state index < -0.39 is 7.12 Å². The molecule has 1 aliphatic heterocycles. The quantitative estimate of drug-likeness (QED) is 0.802. The number of halogens is 1. The summed E-state index contributed by atoms with van der Waals surface area (Å²) in [7, 11) is -0.845. The lowest BCUT2D eigenvalue weighted by Crippen LogP contribution is -2.28. The number of aromatic nitrogens is 1. The van der Waals surface area contributed by atoms with E-state index in [1.54, 1.807) is 11.3 Å². The Hall–Kier alpha value is -0.875. The highest BCUT2D eigenvalue weighted by molar-refractivity contribution is 7.13. The molecule has 3 rings (SSSR count). The highest BCUT2D eigenvalue weighted by atomic mass is 35.5. The first-order valence-electron chi connectivity index (χ1n) is 5.19. The minimum atomic E-state index is -0.845. The zero-order valence-electron chi connectivity index (χ0n) is 9.11. The summed E-state index contributed by atoms with van der Waals surface area (Å²) in [6.07, 6.45) is 0. The Labute approximate surface area is 108 Å². The first kappa shape index (κ1) is 11.2. The highest BCUT2D eigenvalue weighted by Gasteiger charge is 2.28. The van der Waals surface area contributed by atoms with Crippen molar-refractivity contribution >= 4 is 35.5 Å². The largest absolute Gasteiger partial charge is 0.491 e. The van der Waals surface area contributed by atoms with Gasteiger partial charge in [0.05, 0.1) is 11.6 Å². The second kappa shape index (κ2) is 4.10. The average molecular weight is 266 g/mol. The molecule has 86 valence electrons. The molecule has 3 nitrogen and oxygen atoms in total. The van der Waals surface area contributed by atoms with Gasteiger partial charge in [-0.25, -0.2) is 4.98 Å². The Morgan fingerprint density at radius 3 is 3.06 bits per heavy atom. The third-order valence-corrected chi connectivity index (χ3v) is 4.05. The highest BCUT2D eigenvalue weighted by Crippen LogP contribution is 2.31. The summed E-state index contributed by atoms with van der Waals surface area (Å²) < 4.78 is 5.15. The van der Waals surface area contributed by atoms with E-state index in [4.69, 9.17) is 16.3 Å². The van der Waals surface area contributed by atoms with Crippen LogP contribution in [0.25, 0.3) is 10.6 Å². The first-order valence-corrected chi connectivity index (χ1v) is 6.45. The number of rotatable bonds is 1. The van der Waals surface area contributed by atoms with Crippen LogP contribution in [0.1, 0.15) is 11.3 Å². The van der Waals surface area contributed by atoms with Crippen molar-refractivity contribution in [3.63, 3.8) is 0 Å². The standard InChI is InChI=1S/C11H9BClNO2S/c1-6-5-17-11(14-6)8-3-9-7(2-10(8)13)4-16-12(9)15/h2-3,5,15H,4H2,1H3. The molecule has 2 aromatic rings. The lowest BCUT2D eigenvalue weighted by Gasteiger charge is -2.04. The van der Waals surface area contributed by atoms with Crippen LogP contribution in [0.3, 0.4) is 0 Å². The van der Waals surface area contributed by atoms with E-state index in [9.17, 15) is 5.02 Å². The maximum Gasteiger partial charge on any atom is 0.491 e. The Bertz CT molecular complexity index is 587. The molecule has 0 saturated heterocycles. The third kappa shape index (κ3) is 1.89. The Morgan fingerprint density at radius 2 is 2.35 bits per heavy atom. The Kier molecular flexibility index (Phi) is 2.71. The molecule has 1 aromatic carbocycles. The summed E-state index contributed by atoms with van der Waals surface area (Å²) in [6, 6.07) is 3.72. The van der Waals surface area contributed by atoms with Crippen molar-refractivity contribution in [2.24, 2.45) is 0 Å². The second-order valence-corrected chi connectivity index (χ2v) is 5.25. The van der Waals surface area contributed by atoms with Crippen LogP contribution < -0.4 is 5.46 Å². The van der Waals surface area contributed by atoms with Crippen molar-refractivity contribution in [3.8, 4) is 10.6 Å². The SMILES string of the molecule is Cc1csc(-c2cc3c(cc2Cl)COB3O)n1. The molecule has 1 aliphatic rings. The molecular weight excluding hydrogens is 256 g/mol. The number of benzene rings is 1. The molecule has 1 N–H and O–H groups in total. The van der Waals surface area contributed by atoms with E-state index in [2.05, 4.69) is 4.98 Å². The zero-order valence-corrected chi connectivity index (χ0v) is 10.7. The van der Waals surface area contributed by atoms with Crippen LogP contribution in [0.15, 0.2) is 17.5 Å². The lowest BCUT2D eigenvalue weighted by molar-refractivity contribution is 0.275. The monoisotopic (exact) mass is 265 g/mol. The molecule has 0 fully saturated rings. The van der Waals surface area contributed by atoms with Gasteiger partial charge in [0.25, 0.3) is 0 Å². The average Bonchev–Trinajstić information content (AvgIpc) is 2.85. The molecular formula is C11H9BClNO2S. The van der Waals surface area contributed by atoms with Crippen molar-refractivity contribution in [1.82, 2.24) is 4.98 Å². The Balaban J connectivity index is 2.15. The summed E-state index contributed by atoms with van der Waals surface area (Å²) in [5.41, 5.74) is 3.56. The third-order valence-electron chi connectivity index (χ3n) is 2.74. The van der Waals surface area contributed by atoms with Gasteiger partial charge in [0.15, 0.2) is 0 Å². The van der Waals surface area contributed by atoms with E-state index in [0.717, 1.165) is 27.3 Å². The van der Waals surface area contributed by atoms with Crippen LogP contribution >= 0.6 is 22.9 Å². The first-order chi connectivity index (χ1) is 8.15. The van der Waals surface area contributed by atoms with Gasteiger partial charge in [0.1, 0.15) is 5.01 Å². The van der Waals surface area contributed by atoms with E-state index in [-0.39, 0.29) is 0 Å². The van der Waals surface area contributed by atoms with Crippen molar-refractivity contribution in [2.75, 3.05) is 0 Å². The molecule has 17 heavy (non-hydrogen) atoms. The molecule has 0 aliphatic carbocycles. The summed E-state index contributed by atoms with van der Waals surface area (Å²) in [6.45, 7) is 2.35. The second-order valence-electron chi connectivity index (χ2n) is 3.99. The number of thiazole rings is 1. The number of fused-ring (bicyclic) bond motifs is 1. The molecule has 6 heteroatoms. The normalized spacial score (nSPS) is 14.2. The maximum atomic E-state index is 9.67. The minimum absolute atomic E-state index is 0.410. The van der Waals surface area contributed by atoms with E-state index in [0.29, 0.717) is 11.6 Å². The molecule has 0 saturated carbocycles. The lowest BCUT2D eigenvalue weighted by atomic mass is 9.79. The van der Waals surface area contributed by atoms with E-state index >= 15 is 0 Å². The molecule has 0 spiro atoms. The van der Waals surface area contributed by atoms with Crippen LogP contribution in [-0.2, 0) is 11.3 Å². The topological polar surface area (TPSA) is 42.4 Å². The van der Waals surface area contributed by atoms with Crippen LogP contribution in [0, 0.1) is 6.92 Å². The summed E-state index contributed by atoms with van der Waals surface area (Å²) in [5, 5.41) is 13.2. The van der Waals surface area contributed by atoms with Crippen LogP contribution in [0.4, 0.5) is 0 Å². The van der Waals surface area contributed by atoms with Crippen molar-refractivity contribution < 1.29 is 9.68 Å². The van der Waals surface area contributed by atoms with E-state index in [1.807, 2.05) is 24.4 Å². The fraction of sp³-hybridized carbons (Fsp3) is 0.182. The van der Waals surface area contributed by atoms with Gasteiger partial charge in [-0.05, 0) is 24.0 Å². The van der Waals surface area contributed by atoms with Crippen molar-refractivity contribution in [3.05, 3.63) is 33.8 Å². The Morgan fingerprint density at radius 1 is 1.53 bits per heavy atom. The van der Waals surface area contributed by atoms with E-state index in [1.165, 1.54) is 0 Å². The fourth-order valence-corrected chi connectivity index (χ4v) is 3.05. The summed E-state index contributed by atoms with van der Waals surface area (Å²) >= 11 is 7.77. The maximum absolute atomic E-state index is 9.67. The summed E-state index contributed by atoms with van der Waals surface area (Å²) in [4.78, 5) is 4.40. The van der Waals surface area contributed by atoms with Gasteiger partial charge < -0.3 is 9.68 Å². The predicted octanol–water partition coefficient (Wildman–Crippen LogP) is 1.99. The van der Waals surface area contributed by atoms with Crippen molar-refractivity contribution in [1.29, 1.82) is 0 Å². The minimum Gasteiger partial charge on any atom is -0.423 e. The van der Waals surface area contributed by atoms with Gasteiger partial charge in [-0.3, -0.25) is 0 Å². The zero-order chi connectivity index (χ0) is 12.0.